The second-order valence-corrected chi connectivity index (χ2v) is 2.92. The van der Waals surface area contributed by atoms with Gasteiger partial charge in [-0.15, -0.1) is 0 Å². The Bertz CT molecular complexity index is 231. The molecule has 0 atom stereocenters. The van der Waals surface area contributed by atoms with Crippen molar-refractivity contribution in [3.63, 3.8) is 0 Å². The van der Waals surface area contributed by atoms with Crippen LogP contribution < -0.4 is 10.5 Å². The maximum absolute atomic E-state index is 5.52. The minimum atomic E-state index is 0.587. The first kappa shape index (κ1) is 8.87. The quantitative estimate of drug-likeness (QED) is 0.541. The molecular formula is C9H14N2O. The monoisotopic (exact) mass is 166 g/mol. The highest BCUT2D eigenvalue weighted by atomic mass is 16.5. The zero-order chi connectivity index (χ0) is 8.97. The van der Waals surface area contributed by atoms with Crippen molar-refractivity contribution in [1.29, 1.82) is 0 Å². The normalized spacial score (nSPS) is 10.2. The van der Waals surface area contributed by atoms with E-state index in [0.29, 0.717) is 6.73 Å². The fourth-order valence-corrected chi connectivity index (χ4v) is 0.768. The Morgan fingerprint density at radius 3 is 2.33 bits per heavy atom. The Labute approximate surface area is 72.7 Å². The molecule has 0 spiro atoms. The van der Waals surface area contributed by atoms with Crippen LogP contribution in [0.15, 0.2) is 24.3 Å². The third-order valence-corrected chi connectivity index (χ3v) is 1.37. The standard InChI is InChI=1S/C9H14N2O/c1-11(2)7-12-9-5-3-8(10)4-6-9/h3-6H,7,10H2,1-2H3. The maximum atomic E-state index is 5.52. The smallest absolute Gasteiger partial charge is 0.141 e. The first-order valence-electron chi connectivity index (χ1n) is 3.81. The van der Waals surface area contributed by atoms with Crippen molar-refractivity contribution in [1.82, 2.24) is 4.90 Å². The van der Waals surface area contributed by atoms with Crippen LogP contribution in [0, 0.1) is 0 Å². The van der Waals surface area contributed by atoms with Gasteiger partial charge in [0.25, 0.3) is 0 Å². The summed E-state index contributed by atoms with van der Waals surface area (Å²) >= 11 is 0. The van der Waals surface area contributed by atoms with Gasteiger partial charge in [0.05, 0.1) is 0 Å². The van der Waals surface area contributed by atoms with Crippen LogP contribution in [-0.2, 0) is 0 Å². The minimum Gasteiger partial charge on any atom is -0.478 e. The fraction of sp³-hybridized carbons (Fsp3) is 0.333. The van der Waals surface area contributed by atoms with E-state index in [4.69, 9.17) is 10.5 Å². The van der Waals surface area contributed by atoms with Crippen molar-refractivity contribution in [2.75, 3.05) is 26.6 Å². The molecule has 0 heterocycles. The number of nitrogens with zero attached hydrogens (tertiary/aromatic N) is 1. The summed E-state index contributed by atoms with van der Waals surface area (Å²) in [5.41, 5.74) is 6.27. The first-order valence-corrected chi connectivity index (χ1v) is 3.81. The summed E-state index contributed by atoms with van der Waals surface area (Å²) in [5, 5.41) is 0. The lowest BCUT2D eigenvalue weighted by Gasteiger charge is -2.11. The molecule has 0 saturated carbocycles. The molecule has 3 heteroatoms. The summed E-state index contributed by atoms with van der Waals surface area (Å²) < 4.78 is 5.39. The summed E-state index contributed by atoms with van der Waals surface area (Å²) in [6, 6.07) is 7.37. The van der Waals surface area contributed by atoms with Crippen LogP contribution in [0.25, 0.3) is 0 Å². The average Bonchev–Trinajstić information content (AvgIpc) is 2.03. The Hall–Kier alpha value is -1.22. The number of benzene rings is 1. The SMILES string of the molecule is CN(C)COc1ccc(N)cc1. The van der Waals surface area contributed by atoms with Crippen molar-refractivity contribution < 1.29 is 4.74 Å². The van der Waals surface area contributed by atoms with Crippen molar-refractivity contribution >= 4 is 5.69 Å². The number of hydrogen-bond donors (Lipinski definition) is 1. The predicted molar refractivity (Wildman–Crippen MR) is 50.0 cm³/mol. The predicted octanol–water partition coefficient (Wildman–Crippen LogP) is 1.17. The van der Waals surface area contributed by atoms with Crippen LogP contribution >= 0.6 is 0 Å². The van der Waals surface area contributed by atoms with E-state index in [-0.39, 0.29) is 0 Å². The Morgan fingerprint density at radius 1 is 1.25 bits per heavy atom. The molecule has 0 bridgehead atoms. The van der Waals surface area contributed by atoms with Gasteiger partial charge in [-0.1, -0.05) is 0 Å². The van der Waals surface area contributed by atoms with E-state index in [1.807, 2.05) is 43.3 Å². The van der Waals surface area contributed by atoms with Gasteiger partial charge in [0.15, 0.2) is 0 Å². The lowest BCUT2D eigenvalue weighted by atomic mass is 10.3. The Kier molecular flexibility index (Phi) is 2.94. The molecule has 0 aliphatic heterocycles. The molecule has 0 radical (unpaired) electrons. The van der Waals surface area contributed by atoms with Crippen LogP contribution in [0.1, 0.15) is 0 Å². The van der Waals surface area contributed by atoms with Crippen molar-refractivity contribution in [3.05, 3.63) is 24.3 Å². The molecule has 2 N–H and O–H groups in total. The maximum Gasteiger partial charge on any atom is 0.141 e. The largest absolute Gasteiger partial charge is 0.478 e. The Balaban J connectivity index is 2.48. The number of nitrogen functional groups attached to an aromatic ring is 1. The third-order valence-electron chi connectivity index (χ3n) is 1.37. The van der Waals surface area contributed by atoms with E-state index in [1.165, 1.54) is 0 Å². The second-order valence-electron chi connectivity index (χ2n) is 2.92. The molecule has 0 fully saturated rings. The number of anilines is 1. The van der Waals surface area contributed by atoms with E-state index in [1.54, 1.807) is 0 Å². The van der Waals surface area contributed by atoms with E-state index < -0.39 is 0 Å². The minimum absolute atomic E-state index is 0.587. The molecule has 0 aliphatic rings. The molecular weight excluding hydrogens is 152 g/mol. The van der Waals surface area contributed by atoms with Crippen molar-refractivity contribution in [2.45, 2.75) is 0 Å². The lowest BCUT2D eigenvalue weighted by molar-refractivity contribution is 0.179. The van der Waals surface area contributed by atoms with Crippen LogP contribution in [0.5, 0.6) is 5.75 Å². The summed E-state index contributed by atoms with van der Waals surface area (Å²) in [7, 11) is 3.91. The van der Waals surface area contributed by atoms with Crippen molar-refractivity contribution in [2.24, 2.45) is 0 Å². The topological polar surface area (TPSA) is 38.5 Å². The van der Waals surface area contributed by atoms with Crippen LogP contribution in [0.2, 0.25) is 0 Å². The van der Waals surface area contributed by atoms with Gasteiger partial charge < -0.3 is 10.5 Å². The van der Waals surface area contributed by atoms with Gasteiger partial charge >= 0.3 is 0 Å². The summed E-state index contributed by atoms with van der Waals surface area (Å²) in [6.45, 7) is 0.587. The molecule has 0 aromatic heterocycles. The third kappa shape index (κ3) is 2.80. The van der Waals surface area contributed by atoms with Crippen LogP contribution in [0.4, 0.5) is 5.69 Å². The van der Waals surface area contributed by atoms with Crippen LogP contribution in [-0.4, -0.2) is 25.7 Å². The van der Waals surface area contributed by atoms with Gasteiger partial charge in [0.2, 0.25) is 0 Å². The average molecular weight is 166 g/mol. The zero-order valence-corrected chi connectivity index (χ0v) is 7.45. The molecule has 1 rings (SSSR count). The van der Waals surface area contributed by atoms with E-state index >= 15 is 0 Å². The van der Waals surface area contributed by atoms with Crippen LogP contribution in [0.3, 0.4) is 0 Å². The summed E-state index contributed by atoms with van der Waals surface area (Å²) in [5.74, 6) is 0.845. The molecule has 3 nitrogen and oxygen atoms in total. The zero-order valence-electron chi connectivity index (χ0n) is 7.45. The number of hydrogen-bond acceptors (Lipinski definition) is 3. The molecule has 66 valence electrons. The van der Waals surface area contributed by atoms with Crippen molar-refractivity contribution in [3.8, 4) is 5.75 Å². The first-order chi connectivity index (χ1) is 5.68. The van der Waals surface area contributed by atoms with E-state index in [9.17, 15) is 0 Å². The second kappa shape index (κ2) is 3.97. The molecule has 0 unspecified atom stereocenters. The van der Waals surface area contributed by atoms with E-state index in [0.717, 1.165) is 11.4 Å². The highest BCUT2D eigenvalue weighted by Crippen LogP contribution is 2.12. The van der Waals surface area contributed by atoms with Gasteiger partial charge in [-0.25, -0.2) is 0 Å². The molecule has 0 saturated heterocycles. The van der Waals surface area contributed by atoms with Gasteiger partial charge in [-0.2, -0.15) is 0 Å². The molecule has 12 heavy (non-hydrogen) atoms. The summed E-state index contributed by atoms with van der Waals surface area (Å²) in [6.07, 6.45) is 0. The van der Waals surface area contributed by atoms with Gasteiger partial charge in [0, 0.05) is 5.69 Å². The fourth-order valence-electron chi connectivity index (χ4n) is 0.768. The Morgan fingerprint density at radius 2 is 1.83 bits per heavy atom. The van der Waals surface area contributed by atoms with Gasteiger partial charge in [-0.05, 0) is 38.4 Å². The molecule has 0 aliphatic carbocycles. The van der Waals surface area contributed by atoms with E-state index in [2.05, 4.69) is 0 Å². The molecule has 1 aromatic carbocycles. The molecule has 1 aromatic rings. The molecule has 0 amide bonds. The number of nitrogens with two attached hydrogens (primary N) is 1. The van der Waals surface area contributed by atoms with Gasteiger partial charge in [-0.3, -0.25) is 4.90 Å². The lowest BCUT2D eigenvalue weighted by Crippen LogP contribution is -2.18. The van der Waals surface area contributed by atoms with Gasteiger partial charge in [0.1, 0.15) is 12.5 Å². The summed E-state index contributed by atoms with van der Waals surface area (Å²) in [4.78, 5) is 1.95. The number of ether oxygens (including phenoxy) is 1. The highest BCUT2D eigenvalue weighted by Gasteiger charge is 1.93. The highest BCUT2D eigenvalue weighted by molar-refractivity contribution is 5.41. The number of rotatable bonds is 3.